The molecule has 1 aromatic rings. The largest absolute Gasteiger partial charge is 0.329 e. The zero-order chi connectivity index (χ0) is 9.52. The van der Waals surface area contributed by atoms with Crippen molar-refractivity contribution in [1.29, 1.82) is 0 Å². The Labute approximate surface area is 83.7 Å². The lowest BCUT2D eigenvalue weighted by atomic mass is 10.2. The van der Waals surface area contributed by atoms with Crippen molar-refractivity contribution in [2.75, 3.05) is 13.1 Å². The van der Waals surface area contributed by atoms with Gasteiger partial charge in [0.1, 0.15) is 0 Å². The molecule has 1 rings (SSSR count). The van der Waals surface area contributed by atoms with Gasteiger partial charge in [-0.05, 0) is 24.7 Å². The monoisotopic (exact) mass is 193 g/mol. The molecule has 0 atom stereocenters. The Morgan fingerprint density at radius 1 is 1.08 bits per heavy atom. The maximum Gasteiger partial charge on any atom is 0.0993 e. The lowest BCUT2D eigenvalue weighted by Crippen LogP contribution is -2.28. The van der Waals surface area contributed by atoms with Crippen LogP contribution in [-0.2, 0) is 6.04 Å². The van der Waals surface area contributed by atoms with Crippen molar-refractivity contribution >= 4 is 9.68 Å². The molecule has 13 heavy (non-hydrogen) atoms. The zero-order valence-electron chi connectivity index (χ0n) is 8.66. The molecule has 0 aliphatic carbocycles. The Balaban J connectivity index is 2.34. The van der Waals surface area contributed by atoms with Crippen LogP contribution in [0.3, 0.4) is 0 Å². The van der Waals surface area contributed by atoms with Crippen molar-refractivity contribution in [1.82, 2.24) is 4.57 Å². The summed E-state index contributed by atoms with van der Waals surface area (Å²) in [6.07, 6.45) is 0. The van der Waals surface area contributed by atoms with Crippen molar-refractivity contribution in [3.05, 3.63) is 35.9 Å². The minimum Gasteiger partial charge on any atom is -0.329 e. The Morgan fingerprint density at radius 3 is 2.23 bits per heavy atom. The van der Waals surface area contributed by atoms with E-state index in [1.165, 1.54) is 24.7 Å². The second kappa shape index (κ2) is 5.94. The van der Waals surface area contributed by atoms with E-state index in [1.807, 2.05) is 0 Å². The van der Waals surface area contributed by atoms with Gasteiger partial charge in [0.2, 0.25) is 0 Å². The number of hydrogen-bond acceptors (Lipinski definition) is 1. The van der Waals surface area contributed by atoms with E-state index in [0.29, 0.717) is 0 Å². The molecule has 0 amide bonds. The fraction of sp³-hybridized carbons (Fsp3) is 0.455. The number of nitrogens with zero attached hydrogens (tertiary/aromatic N) is 1. The van der Waals surface area contributed by atoms with Crippen LogP contribution in [0.15, 0.2) is 30.3 Å². The van der Waals surface area contributed by atoms with E-state index < -0.39 is 0 Å². The maximum atomic E-state index is 2.59. The van der Waals surface area contributed by atoms with Gasteiger partial charge in [-0.1, -0.05) is 44.2 Å². The summed E-state index contributed by atoms with van der Waals surface area (Å²) < 4.78 is 2.59. The fourth-order valence-electron chi connectivity index (χ4n) is 1.47. The standard InChI is InChI=1S/C11H19NSi/c1-3-12(4-2)13-10-11-8-6-5-7-9-11/h5-9H,3-4,10,13H2,1-2H3. The average molecular weight is 193 g/mol. The molecule has 0 radical (unpaired) electrons. The molecular weight excluding hydrogens is 174 g/mol. The Hall–Kier alpha value is -0.603. The van der Waals surface area contributed by atoms with Crippen molar-refractivity contribution < 1.29 is 0 Å². The first kappa shape index (κ1) is 10.5. The van der Waals surface area contributed by atoms with Gasteiger partial charge in [-0.15, -0.1) is 0 Å². The third kappa shape index (κ3) is 3.74. The molecule has 1 aromatic carbocycles. The minimum atomic E-state index is -0.0397. The smallest absolute Gasteiger partial charge is 0.0993 e. The average Bonchev–Trinajstić information content (AvgIpc) is 2.21. The van der Waals surface area contributed by atoms with Crippen LogP contribution in [0.5, 0.6) is 0 Å². The minimum absolute atomic E-state index is 0.0397. The molecule has 0 aromatic heterocycles. The van der Waals surface area contributed by atoms with Crippen molar-refractivity contribution in [2.24, 2.45) is 0 Å². The first-order valence-corrected chi connectivity index (χ1v) is 6.76. The van der Waals surface area contributed by atoms with Crippen LogP contribution in [0.1, 0.15) is 19.4 Å². The number of benzene rings is 1. The quantitative estimate of drug-likeness (QED) is 0.642. The lowest BCUT2D eigenvalue weighted by Gasteiger charge is -2.17. The highest BCUT2D eigenvalue weighted by Crippen LogP contribution is 1.99. The Morgan fingerprint density at radius 2 is 1.69 bits per heavy atom. The highest BCUT2D eigenvalue weighted by molar-refractivity contribution is 6.31. The van der Waals surface area contributed by atoms with Crippen LogP contribution in [0, 0.1) is 0 Å². The molecule has 0 heterocycles. The van der Waals surface area contributed by atoms with E-state index in [4.69, 9.17) is 0 Å². The first-order valence-electron chi connectivity index (χ1n) is 5.13. The Bertz CT molecular complexity index is 219. The maximum absolute atomic E-state index is 2.59. The van der Waals surface area contributed by atoms with E-state index in [9.17, 15) is 0 Å². The van der Waals surface area contributed by atoms with Crippen LogP contribution in [0.2, 0.25) is 0 Å². The van der Waals surface area contributed by atoms with Gasteiger partial charge in [0.25, 0.3) is 0 Å². The van der Waals surface area contributed by atoms with E-state index in [1.54, 1.807) is 0 Å². The van der Waals surface area contributed by atoms with E-state index in [-0.39, 0.29) is 9.68 Å². The molecule has 0 bridgehead atoms. The van der Waals surface area contributed by atoms with E-state index in [0.717, 1.165) is 0 Å². The van der Waals surface area contributed by atoms with Gasteiger partial charge in [-0.3, -0.25) is 0 Å². The Kier molecular flexibility index (Phi) is 4.79. The predicted octanol–water partition coefficient (Wildman–Crippen LogP) is 1.61. The summed E-state index contributed by atoms with van der Waals surface area (Å²) in [5.41, 5.74) is 1.50. The van der Waals surface area contributed by atoms with Crippen LogP contribution < -0.4 is 0 Å². The van der Waals surface area contributed by atoms with Crippen molar-refractivity contribution in [3.8, 4) is 0 Å². The summed E-state index contributed by atoms with van der Waals surface area (Å²) in [4.78, 5) is 0. The number of hydrogen-bond donors (Lipinski definition) is 0. The summed E-state index contributed by atoms with van der Waals surface area (Å²) in [5, 5.41) is 0. The molecule has 0 saturated carbocycles. The van der Waals surface area contributed by atoms with Crippen LogP contribution in [0.25, 0.3) is 0 Å². The SMILES string of the molecule is CCN(CC)[SiH2]Cc1ccccc1. The summed E-state index contributed by atoms with van der Waals surface area (Å²) in [7, 11) is -0.0397. The molecule has 1 nitrogen and oxygen atoms in total. The molecule has 0 aliphatic heterocycles. The summed E-state index contributed by atoms with van der Waals surface area (Å²) in [5.74, 6) is 0. The molecule has 0 saturated heterocycles. The van der Waals surface area contributed by atoms with Crippen LogP contribution in [-0.4, -0.2) is 27.3 Å². The fourth-order valence-corrected chi connectivity index (χ4v) is 3.01. The normalized spacial score (nSPS) is 11.6. The van der Waals surface area contributed by atoms with Crippen LogP contribution >= 0.6 is 0 Å². The highest BCUT2D eigenvalue weighted by Gasteiger charge is 1.99. The molecule has 0 spiro atoms. The second-order valence-electron chi connectivity index (χ2n) is 3.26. The van der Waals surface area contributed by atoms with Crippen molar-refractivity contribution in [2.45, 2.75) is 19.9 Å². The second-order valence-corrected chi connectivity index (χ2v) is 5.10. The van der Waals surface area contributed by atoms with Gasteiger partial charge in [-0.25, -0.2) is 0 Å². The molecule has 72 valence electrons. The van der Waals surface area contributed by atoms with Gasteiger partial charge in [0.05, 0.1) is 9.68 Å². The number of rotatable bonds is 5. The molecule has 0 aliphatic rings. The van der Waals surface area contributed by atoms with Crippen LogP contribution in [0.4, 0.5) is 0 Å². The predicted molar refractivity (Wildman–Crippen MR) is 61.6 cm³/mol. The van der Waals surface area contributed by atoms with Gasteiger partial charge in [0, 0.05) is 0 Å². The molecule has 2 heteroatoms. The molecule has 0 unspecified atom stereocenters. The van der Waals surface area contributed by atoms with Gasteiger partial charge < -0.3 is 4.57 Å². The van der Waals surface area contributed by atoms with Gasteiger partial charge in [-0.2, -0.15) is 0 Å². The van der Waals surface area contributed by atoms with Crippen molar-refractivity contribution in [3.63, 3.8) is 0 Å². The lowest BCUT2D eigenvalue weighted by molar-refractivity contribution is 0.491. The summed E-state index contributed by atoms with van der Waals surface area (Å²) in [6, 6.07) is 12.1. The first-order chi connectivity index (χ1) is 6.36. The van der Waals surface area contributed by atoms with Gasteiger partial charge >= 0.3 is 0 Å². The molecule has 0 fully saturated rings. The van der Waals surface area contributed by atoms with E-state index in [2.05, 4.69) is 48.7 Å². The van der Waals surface area contributed by atoms with E-state index >= 15 is 0 Å². The topological polar surface area (TPSA) is 3.24 Å². The van der Waals surface area contributed by atoms with Gasteiger partial charge in [0.15, 0.2) is 0 Å². The summed E-state index contributed by atoms with van der Waals surface area (Å²) in [6.45, 7) is 6.94. The molecular formula is C11H19NSi. The third-order valence-corrected chi connectivity index (χ3v) is 4.78. The third-order valence-electron chi connectivity index (χ3n) is 2.45. The molecule has 0 N–H and O–H groups in total. The highest BCUT2D eigenvalue weighted by atomic mass is 28.2. The zero-order valence-corrected chi connectivity index (χ0v) is 10.1. The summed E-state index contributed by atoms with van der Waals surface area (Å²) >= 11 is 0.